The third kappa shape index (κ3) is 6.08. The Labute approximate surface area is 168 Å². The van der Waals surface area contributed by atoms with Crippen LogP contribution in [0.15, 0.2) is 30.3 Å². The third-order valence-electron chi connectivity index (χ3n) is 5.16. The van der Waals surface area contributed by atoms with Crippen LogP contribution >= 0.6 is 0 Å². The Morgan fingerprint density at radius 2 is 2.00 bits per heavy atom. The minimum absolute atomic E-state index is 0.00587. The zero-order valence-electron chi connectivity index (χ0n) is 16.3. The standard InChI is InChI=1S/C21H27F2N3O3/c22-21(23)29-20-17(12-15-4-1-2-5-18(15)26-20)19(27)25-16-8-6-14(7-9-16)13-28-11-3-10-24/h1-2,4-5,12,14,16,21H,3,6-11,13,24H2,(H,25,27). The average Bonchev–Trinajstić information content (AvgIpc) is 2.71. The monoisotopic (exact) mass is 407 g/mol. The number of hydrogen-bond donors (Lipinski definition) is 2. The predicted molar refractivity (Wildman–Crippen MR) is 106 cm³/mol. The molecular weight excluding hydrogens is 380 g/mol. The molecule has 3 N–H and O–H groups in total. The summed E-state index contributed by atoms with van der Waals surface area (Å²) in [5.41, 5.74) is 5.97. The quantitative estimate of drug-likeness (QED) is 0.622. The van der Waals surface area contributed by atoms with Gasteiger partial charge < -0.3 is 20.5 Å². The highest BCUT2D eigenvalue weighted by atomic mass is 19.3. The molecule has 29 heavy (non-hydrogen) atoms. The number of ether oxygens (including phenoxy) is 2. The molecule has 2 aromatic rings. The number of para-hydroxylation sites is 1. The number of aromatic nitrogens is 1. The van der Waals surface area contributed by atoms with E-state index in [1.807, 2.05) is 0 Å². The minimum Gasteiger partial charge on any atom is -0.416 e. The molecule has 0 spiro atoms. The highest BCUT2D eigenvalue weighted by molar-refractivity contribution is 6.00. The molecule has 0 radical (unpaired) electrons. The van der Waals surface area contributed by atoms with Gasteiger partial charge in [0.05, 0.1) is 5.52 Å². The smallest absolute Gasteiger partial charge is 0.388 e. The summed E-state index contributed by atoms with van der Waals surface area (Å²) in [5, 5.41) is 3.64. The average molecular weight is 407 g/mol. The number of rotatable bonds is 9. The van der Waals surface area contributed by atoms with E-state index in [9.17, 15) is 13.6 Å². The number of nitrogens with two attached hydrogens (primary N) is 1. The fourth-order valence-corrected chi connectivity index (χ4v) is 3.61. The second kappa shape index (κ2) is 10.5. The van der Waals surface area contributed by atoms with Gasteiger partial charge in [0.1, 0.15) is 5.56 Å². The maximum atomic E-state index is 12.8. The summed E-state index contributed by atoms with van der Waals surface area (Å²) < 4.78 is 35.7. The van der Waals surface area contributed by atoms with Crippen LogP contribution in [0.1, 0.15) is 42.5 Å². The first-order chi connectivity index (χ1) is 14.1. The van der Waals surface area contributed by atoms with Gasteiger partial charge in [-0.1, -0.05) is 18.2 Å². The van der Waals surface area contributed by atoms with E-state index in [0.29, 0.717) is 36.6 Å². The first-order valence-electron chi connectivity index (χ1n) is 10.00. The molecule has 0 unspecified atom stereocenters. The molecule has 1 aromatic heterocycles. The summed E-state index contributed by atoms with van der Waals surface area (Å²) in [5.74, 6) is -0.319. The summed E-state index contributed by atoms with van der Waals surface area (Å²) >= 11 is 0. The maximum absolute atomic E-state index is 12.8. The number of benzene rings is 1. The zero-order valence-corrected chi connectivity index (χ0v) is 16.3. The molecular formula is C21H27F2N3O3. The molecule has 6 nitrogen and oxygen atoms in total. The van der Waals surface area contributed by atoms with Crippen LogP contribution < -0.4 is 15.8 Å². The van der Waals surface area contributed by atoms with Crippen LogP contribution in [0.4, 0.5) is 8.78 Å². The van der Waals surface area contributed by atoms with Gasteiger partial charge in [0.2, 0.25) is 5.88 Å². The van der Waals surface area contributed by atoms with Gasteiger partial charge in [0.15, 0.2) is 0 Å². The van der Waals surface area contributed by atoms with E-state index >= 15 is 0 Å². The Morgan fingerprint density at radius 3 is 2.72 bits per heavy atom. The summed E-state index contributed by atoms with van der Waals surface area (Å²) in [4.78, 5) is 16.9. The van der Waals surface area contributed by atoms with E-state index in [1.165, 1.54) is 0 Å². The molecule has 0 bridgehead atoms. The lowest BCUT2D eigenvalue weighted by atomic mass is 9.86. The summed E-state index contributed by atoms with van der Waals surface area (Å²) in [6.45, 7) is -1.04. The number of halogens is 2. The van der Waals surface area contributed by atoms with Gasteiger partial charge in [-0.05, 0) is 56.7 Å². The lowest BCUT2D eigenvalue weighted by molar-refractivity contribution is -0.0529. The second-order valence-corrected chi connectivity index (χ2v) is 7.32. The van der Waals surface area contributed by atoms with Crippen LogP contribution in [0.3, 0.4) is 0 Å². The van der Waals surface area contributed by atoms with E-state index in [4.69, 9.17) is 10.5 Å². The lowest BCUT2D eigenvalue weighted by Crippen LogP contribution is -2.38. The highest BCUT2D eigenvalue weighted by Gasteiger charge is 2.25. The molecule has 8 heteroatoms. The Hall–Kier alpha value is -2.32. The van der Waals surface area contributed by atoms with Gasteiger partial charge in [-0.3, -0.25) is 4.79 Å². The molecule has 1 aliphatic carbocycles. The van der Waals surface area contributed by atoms with Crippen molar-refractivity contribution in [2.45, 2.75) is 44.8 Å². The van der Waals surface area contributed by atoms with Crippen molar-refractivity contribution in [1.82, 2.24) is 10.3 Å². The number of pyridine rings is 1. The molecule has 0 saturated heterocycles. The highest BCUT2D eigenvalue weighted by Crippen LogP contribution is 2.27. The van der Waals surface area contributed by atoms with Crippen molar-refractivity contribution >= 4 is 16.8 Å². The SMILES string of the molecule is NCCCOCC1CCC(NC(=O)c2cc3ccccc3nc2OC(F)F)CC1. The second-order valence-electron chi connectivity index (χ2n) is 7.32. The number of alkyl halides is 2. The molecule has 158 valence electrons. The Bertz CT molecular complexity index is 811. The fourth-order valence-electron chi connectivity index (χ4n) is 3.61. The van der Waals surface area contributed by atoms with Gasteiger partial charge in [0.25, 0.3) is 5.91 Å². The van der Waals surface area contributed by atoms with Crippen molar-refractivity contribution in [1.29, 1.82) is 0 Å². The molecule has 1 aliphatic rings. The molecule has 0 aliphatic heterocycles. The molecule has 0 atom stereocenters. The van der Waals surface area contributed by atoms with Crippen molar-refractivity contribution < 1.29 is 23.0 Å². The molecule has 1 saturated carbocycles. The van der Waals surface area contributed by atoms with E-state index in [1.54, 1.807) is 30.3 Å². The Kier molecular flexibility index (Phi) is 7.71. The van der Waals surface area contributed by atoms with Crippen molar-refractivity contribution in [2.75, 3.05) is 19.8 Å². The number of nitrogens with one attached hydrogen (secondary N) is 1. The summed E-state index contributed by atoms with van der Waals surface area (Å²) in [6, 6.07) is 8.56. The van der Waals surface area contributed by atoms with E-state index < -0.39 is 12.5 Å². The largest absolute Gasteiger partial charge is 0.416 e. The van der Waals surface area contributed by atoms with Crippen LogP contribution in [0.2, 0.25) is 0 Å². The fraction of sp³-hybridized carbons (Fsp3) is 0.524. The number of nitrogens with zero attached hydrogens (tertiary/aromatic N) is 1. The lowest BCUT2D eigenvalue weighted by Gasteiger charge is -2.29. The van der Waals surface area contributed by atoms with Gasteiger partial charge >= 0.3 is 6.61 Å². The first-order valence-corrected chi connectivity index (χ1v) is 10.00. The summed E-state index contributed by atoms with van der Waals surface area (Å²) in [6.07, 6.45) is 4.40. The maximum Gasteiger partial charge on any atom is 0.388 e. The van der Waals surface area contributed by atoms with Crippen molar-refractivity contribution in [3.8, 4) is 5.88 Å². The summed E-state index contributed by atoms with van der Waals surface area (Å²) in [7, 11) is 0. The number of amides is 1. The van der Waals surface area contributed by atoms with Crippen LogP contribution in [0, 0.1) is 5.92 Å². The number of fused-ring (bicyclic) bond motifs is 1. The zero-order chi connectivity index (χ0) is 20.6. The van der Waals surface area contributed by atoms with E-state index in [-0.39, 0.29) is 17.5 Å². The van der Waals surface area contributed by atoms with Crippen LogP contribution in [-0.4, -0.2) is 43.3 Å². The molecule has 1 heterocycles. The Balaban J connectivity index is 1.61. The topological polar surface area (TPSA) is 86.5 Å². The first kappa shape index (κ1) is 21.4. The van der Waals surface area contributed by atoms with Crippen LogP contribution in [0.25, 0.3) is 10.9 Å². The van der Waals surface area contributed by atoms with Crippen LogP contribution in [-0.2, 0) is 4.74 Å². The van der Waals surface area contributed by atoms with Gasteiger partial charge in [-0.15, -0.1) is 0 Å². The van der Waals surface area contributed by atoms with Gasteiger partial charge in [-0.2, -0.15) is 8.78 Å². The number of carbonyl (C=O) groups excluding carboxylic acids is 1. The van der Waals surface area contributed by atoms with E-state index in [0.717, 1.165) is 32.1 Å². The van der Waals surface area contributed by atoms with Crippen LogP contribution in [0.5, 0.6) is 5.88 Å². The number of carbonyl (C=O) groups is 1. The van der Waals surface area contributed by atoms with Crippen molar-refractivity contribution in [2.24, 2.45) is 11.7 Å². The van der Waals surface area contributed by atoms with Gasteiger partial charge in [0, 0.05) is 24.6 Å². The van der Waals surface area contributed by atoms with Gasteiger partial charge in [-0.25, -0.2) is 4.98 Å². The molecule has 1 amide bonds. The molecule has 3 rings (SSSR count). The van der Waals surface area contributed by atoms with Crippen molar-refractivity contribution in [3.63, 3.8) is 0 Å². The Morgan fingerprint density at radius 1 is 1.24 bits per heavy atom. The number of hydrogen-bond acceptors (Lipinski definition) is 5. The van der Waals surface area contributed by atoms with E-state index in [2.05, 4.69) is 15.0 Å². The normalized spacial score (nSPS) is 19.4. The molecule has 1 fully saturated rings. The third-order valence-corrected chi connectivity index (χ3v) is 5.16. The minimum atomic E-state index is -3.05. The van der Waals surface area contributed by atoms with Crippen molar-refractivity contribution in [3.05, 3.63) is 35.9 Å². The molecule has 1 aromatic carbocycles. The predicted octanol–water partition coefficient (Wildman–Crippen LogP) is 3.49.